The number of nitrogens with two attached hydrogens (primary N) is 1. The number of carbonyl (C=O) groups excluding carboxylic acids is 1. The lowest BCUT2D eigenvalue weighted by molar-refractivity contribution is -0.139. The molecule has 0 aromatic heterocycles. The van der Waals surface area contributed by atoms with Crippen LogP contribution in [0.4, 0.5) is 5.69 Å². The van der Waals surface area contributed by atoms with Crippen molar-refractivity contribution in [2.75, 3.05) is 12.8 Å². The fraction of sp³-hybridized carbons (Fsp3) is 0.154. The van der Waals surface area contributed by atoms with E-state index in [1.807, 2.05) is 36.4 Å². The van der Waals surface area contributed by atoms with Gasteiger partial charge in [0, 0.05) is 11.1 Å². The summed E-state index contributed by atoms with van der Waals surface area (Å²) in [5.41, 5.74) is 7.53. The largest absolute Gasteiger partial charge is 0.469 e. The lowest BCUT2D eigenvalue weighted by Gasteiger charge is -2.04. The number of fused-ring (bicyclic) bond motifs is 1. The third kappa shape index (κ3) is 1.98. The van der Waals surface area contributed by atoms with Gasteiger partial charge in [-0.2, -0.15) is 0 Å². The molecule has 0 amide bonds. The van der Waals surface area contributed by atoms with Gasteiger partial charge in [0.25, 0.3) is 0 Å². The minimum atomic E-state index is -0.233. The summed E-state index contributed by atoms with van der Waals surface area (Å²) >= 11 is 0. The Hall–Kier alpha value is -2.03. The number of nitrogen functional groups attached to an aromatic ring is 1. The number of hydrogen-bond donors (Lipinski definition) is 1. The molecule has 0 aliphatic carbocycles. The maximum absolute atomic E-state index is 11.1. The van der Waals surface area contributed by atoms with Gasteiger partial charge in [-0.05, 0) is 17.0 Å². The van der Waals surface area contributed by atoms with Crippen LogP contribution < -0.4 is 5.73 Å². The summed E-state index contributed by atoms with van der Waals surface area (Å²) in [7, 11) is 1.39. The zero-order valence-corrected chi connectivity index (χ0v) is 9.07. The molecule has 2 N–H and O–H groups in total. The second-order valence-electron chi connectivity index (χ2n) is 3.66. The van der Waals surface area contributed by atoms with Gasteiger partial charge >= 0.3 is 5.97 Å². The van der Waals surface area contributed by atoms with Gasteiger partial charge in [0.05, 0.1) is 13.5 Å². The van der Waals surface area contributed by atoms with Crippen molar-refractivity contribution >= 4 is 22.4 Å². The average Bonchev–Trinajstić information content (AvgIpc) is 2.29. The Bertz CT molecular complexity index is 534. The first-order valence-electron chi connectivity index (χ1n) is 5.04. The summed E-state index contributed by atoms with van der Waals surface area (Å²) < 4.78 is 4.63. The van der Waals surface area contributed by atoms with Gasteiger partial charge in [-0.3, -0.25) is 4.79 Å². The highest BCUT2D eigenvalue weighted by Crippen LogP contribution is 2.22. The molecule has 2 aromatic rings. The van der Waals surface area contributed by atoms with E-state index in [-0.39, 0.29) is 5.97 Å². The average molecular weight is 215 g/mol. The van der Waals surface area contributed by atoms with Crippen LogP contribution >= 0.6 is 0 Å². The van der Waals surface area contributed by atoms with Crippen molar-refractivity contribution in [2.45, 2.75) is 6.42 Å². The molecule has 3 heteroatoms. The van der Waals surface area contributed by atoms with Crippen molar-refractivity contribution in [3.8, 4) is 0 Å². The normalized spacial score (nSPS) is 10.3. The Labute approximate surface area is 93.8 Å². The van der Waals surface area contributed by atoms with Crippen LogP contribution in [0.3, 0.4) is 0 Å². The van der Waals surface area contributed by atoms with E-state index >= 15 is 0 Å². The van der Waals surface area contributed by atoms with E-state index in [9.17, 15) is 4.79 Å². The Morgan fingerprint density at radius 2 is 2.12 bits per heavy atom. The quantitative estimate of drug-likeness (QED) is 0.616. The van der Waals surface area contributed by atoms with Crippen molar-refractivity contribution in [3.05, 3.63) is 42.0 Å². The molecule has 0 heterocycles. The maximum atomic E-state index is 11.1. The topological polar surface area (TPSA) is 52.3 Å². The van der Waals surface area contributed by atoms with E-state index in [4.69, 9.17) is 5.73 Å². The molecule has 0 spiro atoms. The molecular weight excluding hydrogens is 202 g/mol. The monoisotopic (exact) mass is 215 g/mol. The molecule has 2 rings (SSSR count). The summed E-state index contributed by atoms with van der Waals surface area (Å²) in [6.45, 7) is 0. The Balaban J connectivity index is 2.41. The Kier molecular flexibility index (Phi) is 2.77. The van der Waals surface area contributed by atoms with Crippen molar-refractivity contribution in [2.24, 2.45) is 0 Å². The lowest BCUT2D eigenvalue weighted by atomic mass is 10.0. The molecule has 0 bridgehead atoms. The maximum Gasteiger partial charge on any atom is 0.309 e. The van der Waals surface area contributed by atoms with Gasteiger partial charge in [0.15, 0.2) is 0 Å². The summed E-state index contributed by atoms with van der Waals surface area (Å²) in [6, 6.07) is 11.5. The number of methoxy groups -OCH3 is 1. The van der Waals surface area contributed by atoms with Gasteiger partial charge in [-0.15, -0.1) is 0 Å². The van der Waals surface area contributed by atoms with Gasteiger partial charge in [-0.25, -0.2) is 0 Å². The van der Waals surface area contributed by atoms with E-state index in [2.05, 4.69) is 4.74 Å². The fourth-order valence-corrected chi connectivity index (χ4v) is 1.71. The van der Waals surface area contributed by atoms with Crippen molar-refractivity contribution in [1.29, 1.82) is 0 Å². The summed E-state index contributed by atoms with van der Waals surface area (Å²) in [5.74, 6) is -0.233. The fourth-order valence-electron chi connectivity index (χ4n) is 1.71. The summed E-state index contributed by atoms with van der Waals surface area (Å²) in [4.78, 5) is 11.1. The molecule has 82 valence electrons. The number of carbonyl (C=O) groups is 1. The summed E-state index contributed by atoms with van der Waals surface area (Å²) in [6.07, 6.45) is 0.293. The molecule has 0 aliphatic rings. The first-order chi connectivity index (χ1) is 7.70. The number of rotatable bonds is 2. The van der Waals surface area contributed by atoms with Crippen LogP contribution in [0.25, 0.3) is 10.8 Å². The first kappa shape index (κ1) is 10.5. The van der Waals surface area contributed by atoms with Crippen LogP contribution in [0, 0.1) is 0 Å². The molecule has 2 aromatic carbocycles. The smallest absolute Gasteiger partial charge is 0.309 e. The van der Waals surface area contributed by atoms with Crippen molar-refractivity contribution < 1.29 is 9.53 Å². The highest BCUT2D eigenvalue weighted by atomic mass is 16.5. The van der Waals surface area contributed by atoms with Gasteiger partial charge in [0.1, 0.15) is 0 Å². The van der Waals surface area contributed by atoms with Crippen LogP contribution in [0.2, 0.25) is 0 Å². The predicted molar refractivity (Wildman–Crippen MR) is 64.1 cm³/mol. The first-order valence-corrected chi connectivity index (χ1v) is 5.04. The second kappa shape index (κ2) is 4.23. The highest BCUT2D eigenvalue weighted by molar-refractivity contribution is 5.93. The lowest BCUT2D eigenvalue weighted by Crippen LogP contribution is -2.04. The predicted octanol–water partition coefficient (Wildman–Crippen LogP) is 2.14. The number of ether oxygens (including phenoxy) is 1. The zero-order chi connectivity index (χ0) is 11.5. The van der Waals surface area contributed by atoms with Crippen LogP contribution in [-0.2, 0) is 16.0 Å². The standard InChI is InChI=1S/C13H13NO2/c1-16-13(15)8-9-5-6-11-10(7-9)3-2-4-12(11)14/h2-7H,8,14H2,1H3. The van der Waals surface area contributed by atoms with E-state index in [1.54, 1.807) is 0 Å². The number of hydrogen-bond acceptors (Lipinski definition) is 3. The minimum Gasteiger partial charge on any atom is -0.469 e. The van der Waals surface area contributed by atoms with Crippen molar-refractivity contribution in [3.63, 3.8) is 0 Å². The SMILES string of the molecule is COC(=O)Cc1ccc2c(N)cccc2c1. The van der Waals surface area contributed by atoms with Gasteiger partial charge < -0.3 is 10.5 Å². The third-order valence-electron chi connectivity index (χ3n) is 2.55. The minimum absolute atomic E-state index is 0.233. The van der Waals surface area contributed by atoms with Crippen LogP contribution in [0.1, 0.15) is 5.56 Å². The number of esters is 1. The zero-order valence-electron chi connectivity index (χ0n) is 9.07. The van der Waals surface area contributed by atoms with Gasteiger partial charge in [-0.1, -0.05) is 30.3 Å². The molecule has 3 nitrogen and oxygen atoms in total. The van der Waals surface area contributed by atoms with E-state index in [0.29, 0.717) is 6.42 Å². The third-order valence-corrected chi connectivity index (χ3v) is 2.55. The molecule has 0 saturated carbocycles. The van der Waals surface area contributed by atoms with Crippen LogP contribution in [0.15, 0.2) is 36.4 Å². The number of anilines is 1. The molecule has 0 radical (unpaired) electrons. The molecule has 16 heavy (non-hydrogen) atoms. The highest BCUT2D eigenvalue weighted by Gasteiger charge is 2.04. The van der Waals surface area contributed by atoms with E-state index in [1.165, 1.54) is 7.11 Å². The number of benzene rings is 2. The molecule has 0 fully saturated rings. The molecule has 0 saturated heterocycles. The van der Waals surface area contributed by atoms with E-state index < -0.39 is 0 Å². The van der Waals surface area contributed by atoms with Gasteiger partial charge in [0.2, 0.25) is 0 Å². The Morgan fingerprint density at radius 3 is 2.88 bits per heavy atom. The molecule has 0 aliphatic heterocycles. The van der Waals surface area contributed by atoms with Crippen LogP contribution in [0.5, 0.6) is 0 Å². The molecular formula is C13H13NO2. The van der Waals surface area contributed by atoms with Crippen molar-refractivity contribution in [1.82, 2.24) is 0 Å². The molecule has 0 atom stereocenters. The second-order valence-corrected chi connectivity index (χ2v) is 3.66. The summed E-state index contributed by atoms with van der Waals surface area (Å²) in [5, 5.41) is 2.05. The molecule has 0 unspecified atom stereocenters. The Morgan fingerprint density at radius 1 is 1.31 bits per heavy atom. The van der Waals surface area contributed by atoms with E-state index in [0.717, 1.165) is 22.0 Å². The van der Waals surface area contributed by atoms with Crippen LogP contribution in [-0.4, -0.2) is 13.1 Å².